The van der Waals surface area contributed by atoms with E-state index in [9.17, 15) is 19.1 Å². The Morgan fingerprint density at radius 3 is 2.62 bits per heavy atom. The minimum atomic E-state index is -1.30. The van der Waals surface area contributed by atoms with Crippen molar-refractivity contribution in [2.45, 2.75) is 31.8 Å². The Morgan fingerprint density at radius 2 is 2.08 bits per heavy atom. The Bertz CT molecular complexity index is 976. The van der Waals surface area contributed by atoms with Crippen LogP contribution in [0.4, 0.5) is 10.1 Å². The summed E-state index contributed by atoms with van der Waals surface area (Å²) in [6.07, 6.45) is 3.19. The molecule has 2 aromatic rings. The fraction of sp³-hybridized carbons (Fsp3) is 0.444. The van der Waals surface area contributed by atoms with Gasteiger partial charge in [0.15, 0.2) is 0 Å². The fourth-order valence-corrected chi connectivity index (χ4v) is 4.55. The molecule has 0 unspecified atom stereocenters. The average molecular weight is 424 g/mol. The summed E-state index contributed by atoms with van der Waals surface area (Å²) in [4.78, 5) is 25.9. The highest BCUT2D eigenvalue weighted by Gasteiger charge is 2.33. The fourth-order valence-electron chi connectivity index (χ4n) is 3.69. The van der Waals surface area contributed by atoms with E-state index in [1.807, 2.05) is 11.8 Å². The maximum atomic E-state index is 14.9. The van der Waals surface area contributed by atoms with E-state index in [2.05, 4.69) is 15.9 Å². The van der Waals surface area contributed by atoms with E-state index in [1.165, 1.54) is 6.20 Å². The zero-order chi connectivity index (χ0) is 18.7. The number of rotatable bonds is 3. The van der Waals surface area contributed by atoms with Gasteiger partial charge in [-0.15, -0.1) is 0 Å². The Kier molecular flexibility index (Phi) is 4.07. The van der Waals surface area contributed by atoms with Crippen LogP contribution in [-0.2, 0) is 0 Å². The molecule has 1 saturated carbocycles. The second kappa shape index (κ2) is 6.06. The van der Waals surface area contributed by atoms with Gasteiger partial charge in [-0.05, 0) is 40.8 Å². The number of halogens is 2. The summed E-state index contributed by atoms with van der Waals surface area (Å²) in [5.41, 5.74) is 6.02. The highest BCUT2D eigenvalue weighted by atomic mass is 79.9. The summed E-state index contributed by atoms with van der Waals surface area (Å²) < 4.78 is 17.2. The van der Waals surface area contributed by atoms with Crippen LogP contribution in [0.1, 0.15) is 36.2 Å². The number of hydrogen-bond acceptors (Lipinski definition) is 4. The molecule has 4 rings (SSSR count). The molecule has 8 heteroatoms. The van der Waals surface area contributed by atoms with Crippen molar-refractivity contribution in [1.82, 2.24) is 4.57 Å². The highest BCUT2D eigenvalue weighted by Crippen LogP contribution is 2.43. The Balaban J connectivity index is 2.00. The third-order valence-corrected chi connectivity index (χ3v) is 6.09. The third kappa shape index (κ3) is 2.63. The predicted octanol–water partition coefficient (Wildman–Crippen LogP) is 2.72. The maximum Gasteiger partial charge on any atom is 0.341 e. The molecule has 1 aromatic carbocycles. The van der Waals surface area contributed by atoms with Crippen molar-refractivity contribution in [2.24, 2.45) is 11.7 Å². The summed E-state index contributed by atoms with van der Waals surface area (Å²) in [6.45, 7) is 3.18. The number of anilines is 1. The highest BCUT2D eigenvalue weighted by molar-refractivity contribution is 9.10. The molecule has 2 atom stereocenters. The van der Waals surface area contributed by atoms with Gasteiger partial charge < -0.3 is 20.3 Å². The standard InChI is InChI=1S/C18H19BrFN3O3/c1-8-5-22(7-13(8)21)16-12(20)4-10-15(14(16)19)23(9-2-3-9)6-11(17(10)24)18(25)26/h4,6,8-9,13H,2-3,5,7,21H2,1H3,(H,25,26)/t8-,13-/m1/s1. The van der Waals surface area contributed by atoms with Crippen molar-refractivity contribution >= 4 is 38.5 Å². The van der Waals surface area contributed by atoms with Gasteiger partial charge in [0.25, 0.3) is 0 Å². The van der Waals surface area contributed by atoms with Gasteiger partial charge >= 0.3 is 5.97 Å². The molecular weight excluding hydrogens is 405 g/mol. The molecular formula is C18H19BrFN3O3. The van der Waals surface area contributed by atoms with Crippen LogP contribution < -0.4 is 16.1 Å². The van der Waals surface area contributed by atoms with Gasteiger partial charge in [-0.1, -0.05) is 6.92 Å². The minimum Gasteiger partial charge on any atom is -0.477 e. The number of carboxylic acid groups (broad SMARTS) is 1. The van der Waals surface area contributed by atoms with E-state index < -0.39 is 17.2 Å². The normalized spacial score (nSPS) is 23.0. The summed E-state index contributed by atoms with van der Waals surface area (Å²) in [7, 11) is 0. The summed E-state index contributed by atoms with van der Waals surface area (Å²) in [5.74, 6) is -1.61. The van der Waals surface area contributed by atoms with Crippen LogP contribution in [0, 0.1) is 11.7 Å². The second-order valence-corrected chi connectivity index (χ2v) is 8.07. The zero-order valence-electron chi connectivity index (χ0n) is 14.2. The van der Waals surface area contributed by atoms with Crippen LogP contribution in [0.3, 0.4) is 0 Å². The predicted molar refractivity (Wildman–Crippen MR) is 100 cm³/mol. The second-order valence-electron chi connectivity index (χ2n) is 7.28. The molecule has 3 N–H and O–H groups in total. The van der Waals surface area contributed by atoms with Crippen LogP contribution in [0.15, 0.2) is 21.5 Å². The molecule has 26 heavy (non-hydrogen) atoms. The number of pyridine rings is 1. The molecule has 6 nitrogen and oxygen atoms in total. The molecule has 1 aromatic heterocycles. The minimum absolute atomic E-state index is 0.0444. The van der Waals surface area contributed by atoms with Crippen LogP contribution in [-0.4, -0.2) is 34.8 Å². The van der Waals surface area contributed by atoms with Crippen LogP contribution in [0.5, 0.6) is 0 Å². The lowest BCUT2D eigenvalue weighted by Crippen LogP contribution is -2.29. The van der Waals surface area contributed by atoms with Gasteiger partial charge in [0.05, 0.1) is 21.1 Å². The molecule has 0 radical (unpaired) electrons. The van der Waals surface area contributed by atoms with E-state index in [-0.39, 0.29) is 29.0 Å². The average Bonchev–Trinajstić information content (AvgIpc) is 3.35. The van der Waals surface area contributed by atoms with Crippen molar-refractivity contribution in [2.75, 3.05) is 18.0 Å². The first-order valence-corrected chi connectivity index (χ1v) is 9.39. The van der Waals surface area contributed by atoms with E-state index in [1.54, 1.807) is 4.57 Å². The molecule has 1 aliphatic heterocycles. The molecule has 0 bridgehead atoms. The number of carboxylic acids is 1. The molecule has 1 saturated heterocycles. The van der Waals surface area contributed by atoms with E-state index in [0.717, 1.165) is 18.9 Å². The van der Waals surface area contributed by atoms with Gasteiger partial charge in [-0.2, -0.15) is 0 Å². The quantitative estimate of drug-likeness (QED) is 0.791. The van der Waals surface area contributed by atoms with Crippen LogP contribution in [0.25, 0.3) is 10.9 Å². The molecule has 2 fully saturated rings. The number of hydrogen-bond donors (Lipinski definition) is 2. The number of nitrogens with zero attached hydrogens (tertiary/aromatic N) is 2. The van der Waals surface area contributed by atoms with E-state index >= 15 is 0 Å². The molecule has 2 heterocycles. The number of aromatic carboxylic acids is 1. The van der Waals surface area contributed by atoms with Gasteiger partial charge in [0.1, 0.15) is 11.4 Å². The van der Waals surface area contributed by atoms with Crippen molar-refractivity contribution < 1.29 is 14.3 Å². The van der Waals surface area contributed by atoms with Crippen LogP contribution >= 0.6 is 15.9 Å². The number of fused-ring (bicyclic) bond motifs is 1. The van der Waals surface area contributed by atoms with E-state index in [4.69, 9.17) is 5.73 Å². The molecule has 0 amide bonds. The van der Waals surface area contributed by atoms with Gasteiger partial charge in [0.2, 0.25) is 5.43 Å². The number of aromatic nitrogens is 1. The van der Waals surface area contributed by atoms with E-state index in [0.29, 0.717) is 28.8 Å². The smallest absolute Gasteiger partial charge is 0.341 e. The zero-order valence-corrected chi connectivity index (χ0v) is 15.8. The van der Waals surface area contributed by atoms with Gasteiger partial charge in [0, 0.05) is 31.4 Å². The summed E-state index contributed by atoms with van der Waals surface area (Å²) >= 11 is 3.50. The third-order valence-electron chi connectivity index (χ3n) is 5.34. The summed E-state index contributed by atoms with van der Waals surface area (Å²) in [6, 6.07) is 1.25. The topological polar surface area (TPSA) is 88.6 Å². The first-order valence-electron chi connectivity index (χ1n) is 8.60. The van der Waals surface area contributed by atoms with Crippen molar-refractivity contribution in [1.29, 1.82) is 0 Å². The largest absolute Gasteiger partial charge is 0.477 e. The monoisotopic (exact) mass is 423 g/mol. The molecule has 1 aliphatic carbocycles. The maximum absolute atomic E-state index is 14.9. The first-order chi connectivity index (χ1) is 12.3. The van der Waals surface area contributed by atoms with Crippen molar-refractivity contribution in [3.05, 3.63) is 38.3 Å². The Morgan fingerprint density at radius 1 is 1.38 bits per heavy atom. The number of carbonyl (C=O) groups is 1. The summed E-state index contributed by atoms with van der Waals surface area (Å²) in [5, 5.41) is 9.42. The molecule has 2 aliphatic rings. The van der Waals surface area contributed by atoms with Crippen LogP contribution in [0.2, 0.25) is 0 Å². The lowest BCUT2D eigenvalue weighted by atomic mass is 10.1. The first kappa shape index (κ1) is 17.5. The van der Waals surface area contributed by atoms with Gasteiger partial charge in [-0.25, -0.2) is 9.18 Å². The lowest BCUT2D eigenvalue weighted by molar-refractivity contribution is 0.0695. The van der Waals surface area contributed by atoms with Crippen molar-refractivity contribution in [3.8, 4) is 0 Å². The van der Waals surface area contributed by atoms with Crippen molar-refractivity contribution in [3.63, 3.8) is 0 Å². The number of benzene rings is 1. The molecule has 138 valence electrons. The van der Waals surface area contributed by atoms with Gasteiger partial charge in [-0.3, -0.25) is 4.79 Å². The Labute approximate surface area is 157 Å². The molecule has 0 spiro atoms. The number of nitrogens with two attached hydrogens (primary N) is 1. The SMILES string of the molecule is C[C@@H]1CN(c2c(F)cc3c(=O)c(C(=O)O)cn(C4CC4)c3c2Br)C[C@H]1N. The Hall–Kier alpha value is -1.93. The lowest BCUT2D eigenvalue weighted by Gasteiger charge is -2.23.